The van der Waals surface area contributed by atoms with Gasteiger partial charge in [-0.05, 0) is 128 Å². The molecule has 1 aliphatic heterocycles. The van der Waals surface area contributed by atoms with Crippen LogP contribution >= 0.6 is 0 Å². The smallest absolute Gasteiger partial charge is 0.343 e. The molecule has 0 amide bonds. The van der Waals surface area contributed by atoms with Crippen LogP contribution in [0.15, 0.2) is 121 Å². The summed E-state index contributed by atoms with van der Waals surface area (Å²) in [6.07, 6.45) is 9.79. The van der Waals surface area contributed by atoms with E-state index in [2.05, 4.69) is 17.1 Å². The van der Waals surface area contributed by atoms with Gasteiger partial charge >= 0.3 is 23.9 Å². The number of hydrogen-bond donors (Lipinski definition) is 1. The van der Waals surface area contributed by atoms with Gasteiger partial charge in [-0.1, -0.05) is 57.6 Å². The highest BCUT2D eigenvalue weighted by Gasteiger charge is 2.16. The third-order valence-corrected chi connectivity index (χ3v) is 9.69. The Labute approximate surface area is 333 Å². The molecule has 1 N–H and O–H groups in total. The highest BCUT2D eigenvalue weighted by molar-refractivity contribution is 5.94. The summed E-state index contributed by atoms with van der Waals surface area (Å²) in [6, 6.07) is 33.0. The van der Waals surface area contributed by atoms with Crippen LogP contribution in [0.4, 0.5) is 5.69 Å². The van der Waals surface area contributed by atoms with E-state index in [1.807, 2.05) is 24.3 Å². The Morgan fingerprint density at radius 3 is 1.18 bits per heavy atom. The van der Waals surface area contributed by atoms with Crippen molar-refractivity contribution in [3.05, 3.63) is 149 Å². The molecule has 57 heavy (non-hydrogen) atoms. The molecule has 0 radical (unpaired) electrons. The third kappa shape index (κ3) is 12.1. The summed E-state index contributed by atoms with van der Waals surface area (Å²) in [7, 11) is 0. The van der Waals surface area contributed by atoms with Crippen LogP contribution in [-0.2, 0) is 6.42 Å². The zero-order valence-corrected chi connectivity index (χ0v) is 32.2. The molecule has 5 aromatic carbocycles. The lowest BCUT2D eigenvalue weighted by molar-refractivity contribution is 0.0722. The fourth-order valence-corrected chi connectivity index (χ4v) is 6.38. The number of carbonyl (C=O) groups is 4. The van der Waals surface area contributed by atoms with Gasteiger partial charge in [-0.15, -0.1) is 0 Å². The van der Waals surface area contributed by atoms with E-state index in [1.165, 1.54) is 117 Å². The van der Waals surface area contributed by atoms with Gasteiger partial charge < -0.3 is 29.2 Å². The first-order chi connectivity index (χ1) is 27.8. The van der Waals surface area contributed by atoms with Gasteiger partial charge in [-0.2, -0.15) is 0 Å². The van der Waals surface area contributed by atoms with Crippen molar-refractivity contribution in [3.63, 3.8) is 0 Å². The van der Waals surface area contributed by atoms with Crippen molar-refractivity contribution >= 4 is 29.6 Å². The molecule has 0 aromatic heterocycles. The minimum absolute atomic E-state index is 0.226. The molecule has 0 saturated carbocycles. The topological polar surface area (TPSA) is 120 Å². The fourth-order valence-electron chi connectivity index (χ4n) is 6.38. The first-order valence-electron chi connectivity index (χ1n) is 19.7. The molecule has 1 fully saturated rings. The highest BCUT2D eigenvalue weighted by atomic mass is 16.5. The van der Waals surface area contributed by atoms with Crippen molar-refractivity contribution < 1.29 is 38.1 Å². The summed E-state index contributed by atoms with van der Waals surface area (Å²) in [4.78, 5) is 53.3. The van der Waals surface area contributed by atoms with Crippen LogP contribution in [0.3, 0.4) is 0 Å². The second kappa shape index (κ2) is 20.6. The van der Waals surface area contributed by atoms with Crippen LogP contribution in [0.1, 0.15) is 98.9 Å². The number of esters is 4. The van der Waals surface area contributed by atoms with Gasteiger partial charge in [0, 0.05) is 31.9 Å². The molecule has 294 valence electrons. The fraction of sp³-hybridized carbons (Fsp3) is 0.277. The number of piperazine rings is 1. The second-order valence-corrected chi connectivity index (χ2v) is 13.9. The number of rotatable bonds is 17. The summed E-state index contributed by atoms with van der Waals surface area (Å²) in [5.74, 6) is -1.05. The standard InChI is InChI=1S/C47H48N2O8/c1-2-3-4-5-6-7-8-9-34-10-12-35(13-11-34)44(50)54-40-22-14-36(15-23-40)45(51)55-41-24-16-37(17-25-41)46(52)56-42-26-18-38(19-27-42)47(53)57-43-28-20-39(21-29-43)49-32-30-48-31-33-49/h10-29,48H,2-9,30-33H2,1H3. The maximum Gasteiger partial charge on any atom is 0.343 e. The lowest BCUT2D eigenvalue weighted by Gasteiger charge is -2.29. The van der Waals surface area contributed by atoms with Crippen molar-refractivity contribution in [2.24, 2.45) is 0 Å². The number of hydrogen-bond acceptors (Lipinski definition) is 10. The summed E-state index contributed by atoms with van der Waals surface area (Å²) < 4.78 is 22.0. The zero-order chi connectivity index (χ0) is 39.8. The van der Waals surface area contributed by atoms with E-state index >= 15 is 0 Å². The van der Waals surface area contributed by atoms with E-state index in [0.717, 1.165) is 44.7 Å². The molecule has 0 unspecified atom stereocenters. The predicted octanol–water partition coefficient (Wildman–Crippen LogP) is 9.27. The summed E-state index contributed by atoms with van der Waals surface area (Å²) in [6.45, 7) is 5.94. The first-order valence-corrected chi connectivity index (χ1v) is 19.7. The maximum absolute atomic E-state index is 12.8. The van der Waals surface area contributed by atoms with Gasteiger partial charge in [0.15, 0.2) is 0 Å². The molecule has 1 heterocycles. The van der Waals surface area contributed by atoms with Crippen LogP contribution in [0.5, 0.6) is 23.0 Å². The number of ether oxygens (including phenoxy) is 4. The third-order valence-electron chi connectivity index (χ3n) is 9.69. The molecule has 1 aliphatic rings. The normalized spacial score (nSPS) is 12.4. The molecule has 10 nitrogen and oxygen atoms in total. The van der Waals surface area contributed by atoms with E-state index in [4.69, 9.17) is 18.9 Å². The first kappa shape index (κ1) is 40.4. The Kier molecular flexibility index (Phi) is 14.6. The largest absolute Gasteiger partial charge is 0.423 e. The molecule has 10 heteroatoms. The molecular weight excluding hydrogens is 721 g/mol. The molecule has 0 bridgehead atoms. The number of carbonyl (C=O) groups excluding carboxylic acids is 4. The Hall–Kier alpha value is -6.26. The number of anilines is 1. The predicted molar refractivity (Wildman–Crippen MR) is 219 cm³/mol. The van der Waals surface area contributed by atoms with Crippen molar-refractivity contribution in [3.8, 4) is 23.0 Å². The molecule has 1 saturated heterocycles. The molecule has 5 aromatic rings. The molecular formula is C47H48N2O8. The molecule has 0 aliphatic carbocycles. The van der Waals surface area contributed by atoms with Gasteiger partial charge in [0.05, 0.1) is 22.3 Å². The maximum atomic E-state index is 12.8. The number of nitrogens with one attached hydrogen (secondary N) is 1. The summed E-state index contributed by atoms with van der Waals surface area (Å²) in [5, 5.41) is 3.33. The van der Waals surface area contributed by atoms with Crippen LogP contribution in [0, 0.1) is 0 Å². The van der Waals surface area contributed by atoms with Crippen molar-refractivity contribution in [2.75, 3.05) is 31.1 Å². The van der Waals surface area contributed by atoms with Gasteiger partial charge in [-0.25, -0.2) is 19.2 Å². The summed E-state index contributed by atoms with van der Waals surface area (Å²) >= 11 is 0. The van der Waals surface area contributed by atoms with Crippen LogP contribution in [-0.4, -0.2) is 50.1 Å². The van der Waals surface area contributed by atoms with E-state index in [0.29, 0.717) is 22.6 Å². The second-order valence-electron chi connectivity index (χ2n) is 13.9. The average Bonchev–Trinajstić information content (AvgIpc) is 3.25. The van der Waals surface area contributed by atoms with Gasteiger partial charge in [0.1, 0.15) is 23.0 Å². The molecule has 0 spiro atoms. The van der Waals surface area contributed by atoms with Crippen molar-refractivity contribution in [1.29, 1.82) is 0 Å². The number of unbranched alkanes of at least 4 members (excludes halogenated alkanes) is 6. The number of benzene rings is 5. The Balaban J connectivity index is 0.920. The molecule has 0 atom stereocenters. The van der Waals surface area contributed by atoms with Crippen LogP contribution < -0.4 is 29.2 Å². The molecule has 6 rings (SSSR count). The minimum atomic E-state index is -0.627. The lowest BCUT2D eigenvalue weighted by atomic mass is 10.0. The highest BCUT2D eigenvalue weighted by Crippen LogP contribution is 2.23. The van der Waals surface area contributed by atoms with Gasteiger partial charge in [0.2, 0.25) is 0 Å². The quantitative estimate of drug-likeness (QED) is 0.0557. The Morgan fingerprint density at radius 1 is 0.456 bits per heavy atom. The number of aryl methyl sites for hydroxylation is 1. The van der Waals surface area contributed by atoms with Crippen molar-refractivity contribution in [2.45, 2.75) is 58.3 Å². The Morgan fingerprint density at radius 2 is 0.789 bits per heavy atom. The SMILES string of the molecule is CCCCCCCCCc1ccc(C(=O)Oc2ccc(C(=O)Oc3ccc(C(=O)Oc4ccc(C(=O)Oc5ccc(N6CCNCC6)cc5)cc4)cc3)cc2)cc1. The van der Waals surface area contributed by atoms with Crippen LogP contribution in [0.2, 0.25) is 0 Å². The lowest BCUT2D eigenvalue weighted by Crippen LogP contribution is -2.43. The van der Waals surface area contributed by atoms with Gasteiger partial charge in [0.25, 0.3) is 0 Å². The average molecular weight is 769 g/mol. The monoisotopic (exact) mass is 768 g/mol. The summed E-state index contributed by atoms with van der Waals surface area (Å²) in [5.41, 5.74) is 3.52. The Bertz CT molecular complexity index is 2070. The number of nitrogens with zero attached hydrogens (tertiary/aromatic N) is 1. The minimum Gasteiger partial charge on any atom is -0.423 e. The van der Waals surface area contributed by atoms with Crippen LogP contribution in [0.25, 0.3) is 0 Å². The van der Waals surface area contributed by atoms with E-state index in [9.17, 15) is 19.2 Å². The van der Waals surface area contributed by atoms with E-state index in [1.54, 1.807) is 24.3 Å². The van der Waals surface area contributed by atoms with Gasteiger partial charge in [-0.3, -0.25) is 0 Å². The van der Waals surface area contributed by atoms with E-state index in [-0.39, 0.29) is 22.6 Å². The van der Waals surface area contributed by atoms with Crippen molar-refractivity contribution in [1.82, 2.24) is 5.32 Å². The van der Waals surface area contributed by atoms with E-state index < -0.39 is 23.9 Å². The zero-order valence-electron chi connectivity index (χ0n) is 32.2.